The Morgan fingerprint density at radius 3 is 2.49 bits per heavy atom. The summed E-state index contributed by atoms with van der Waals surface area (Å²) in [6.45, 7) is 5.95. The number of nitrogens with zero attached hydrogens (tertiary/aromatic N) is 3. The van der Waals surface area contributed by atoms with Gasteiger partial charge < -0.3 is 23.6 Å². The molecule has 2 aromatic carbocycles. The molecule has 3 aliphatic rings. The summed E-state index contributed by atoms with van der Waals surface area (Å²) in [5.74, 6) is -1.76. The number of hydrogen-bond donors (Lipinski definition) is 1. The number of nitro groups is 1. The van der Waals surface area contributed by atoms with Crippen molar-refractivity contribution in [1.29, 1.82) is 0 Å². The molecule has 1 N–H and O–H groups in total. The van der Waals surface area contributed by atoms with Gasteiger partial charge in [-0.1, -0.05) is 19.1 Å². The number of aliphatic hydroxyl groups excluding tert-OH is 1. The fourth-order valence-electron chi connectivity index (χ4n) is 6.63. The van der Waals surface area contributed by atoms with Crippen molar-refractivity contribution in [3.63, 3.8) is 0 Å². The van der Waals surface area contributed by atoms with E-state index in [1.54, 1.807) is 44.3 Å². The van der Waals surface area contributed by atoms with E-state index in [0.717, 1.165) is 0 Å². The summed E-state index contributed by atoms with van der Waals surface area (Å²) in [6, 6.07) is 11.0. The van der Waals surface area contributed by atoms with Crippen LogP contribution in [0.25, 0.3) is 0 Å². The number of β-lactam (4-membered cyclic amide) rings is 1. The first-order chi connectivity index (χ1) is 19.3. The number of rotatable bonds is 8. The Morgan fingerprint density at radius 1 is 1.24 bits per heavy atom. The average molecular weight is 586 g/mol. The number of anilines is 2. The Morgan fingerprint density at radius 2 is 1.93 bits per heavy atom. The largest absolute Gasteiger partial charge is 0.441 e. The van der Waals surface area contributed by atoms with Gasteiger partial charge in [0.1, 0.15) is 0 Å². The number of aliphatic hydroxyl groups is 1. The van der Waals surface area contributed by atoms with E-state index >= 15 is 4.11 Å². The number of nitro benzene ring substituents is 1. The van der Waals surface area contributed by atoms with Gasteiger partial charge in [0.2, 0.25) is 14.3 Å². The van der Waals surface area contributed by atoms with Gasteiger partial charge in [-0.15, -0.1) is 0 Å². The Balaban J connectivity index is 1.50. The van der Waals surface area contributed by atoms with Crippen LogP contribution >= 0.6 is 0 Å². The topological polar surface area (TPSA) is 140 Å². The highest BCUT2D eigenvalue weighted by atomic mass is 28.4. The van der Waals surface area contributed by atoms with E-state index < -0.39 is 54.6 Å². The molecule has 5 atom stereocenters. The number of amides is 2. The van der Waals surface area contributed by atoms with Crippen LogP contribution in [-0.4, -0.2) is 55.2 Å². The summed E-state index contributed by atoms with van der Waals surface area (Å²) in [7, 11) is -3.40. The predicted octanol–water partition coefficient (Wildman–Crippen LogP) is 3.92. The van der Waals surface area contributed by atoms with Crippen molar-refractivity contribution in [1.82, 2.24) is 0 Å². The minimum atomic E-state index is -3.40. The number of carbonyl (C=O) groups excluding carboxylic acids is 3. The Labute approximate surface area is 237 Å². The van der Waals surface area contributed by atoms with Crippen molar-refractivity contribution in [3.05, 3.63) is 63.7 Å². The number of carbonyl (C=O) groups is 3. The second-order valence-corrected chi connectivity index (χ2v) is 15.1. The Bertz CT molecular complexity index is 1410. The minimum absolute atomic E-state index is 0.0921. The highest BCUT2D eigenvalue weighted by Gasteiger charge is 2.66. The second kappa shape index (κ2) is 10.3. The SMILES string of the molecule is CC(=O)OC1CC(=O)N1c1ccc(CN2C(=O)[C@@]3(O[C@@H](CCO)[C@H]([Si](C)(C)F)[C@H]3C)c3cc([N+](=O)[O-])ccc32)cc1. The van der Waals surface area contributed by atoms with Crippen LogP contribution in [0.4, 0.5) is 21.2 Å². The van der Waals surface area contributed by atoms with E-state index in [2.05, 4.69) is 0 Å². The molecule has 218 valence electrons. The van der Waals surface area contributed by atoms with Crippen LogP contribution in [0.2, 0.25) is 18.6 Å². The summed E-state index contributed by atoms with van der Waals surface area (Å²) in [4.78, 5) is 51.8. The van der Waals surface area contributed by atoms with Crippen molar-refractivity contribution in [2.75, 3.05) is 16.4 Å². The lowest BCUT2D eigenvalue weighted by atomic mass is 9.82. The molecule has 0 radical (unpaired) electrons. The maximum atomic E-state index is 15.7. The van der Waals surface area contributed by atoms with E-state index in [9.17, 15) is 29.6 Å². The van der Waals surface area contributed by atoms with Crippen molar-refractivity contribution in [2.45, 2.75) is 69.8 Å². The van der Waals surface area contributed by atoms with Crippen LogP contribution in [0, 0.1) is 16.0 Å². The highest BCUT2D eigenvalue weighted by Crippen LogP contribution is 2.60. The van der Waals surface area contributed by atoms with Crippen molar-refractivity contribution in [3.8, 4) is 0 Å². The molecule has 2 aromatic rings. The van der Waals surface area contributed by atoms with Gasteiger partial charge >= 0.3 is 5.97 Å². The molecule has 3 aliphatic heterocycles. The zero-order valence-electron chi connectivity index (χ0n) is 23.2. The highest BCUT2D eigenvalue weighted by molar-refractivity contribution is 6.72. The average Bonchev–Trinajstić information content (AvgIpc) is 3.31. The Kier molecular flexibility index (Phi) is 7.24. The number of non-ortho nitro benzene ring substituents is 1. The first-order valence-corrected chi connectivity index (χ1v) is 16.4. The lowest BCUT2D eigenvalue weighted by Crippen LogP contribution is -2.54. The predicted molar refractivity (Wildman–Crippen MR) is 148 cm³/mol. The molecule has 5 rings (SSSR count). The maximum Gasteiger partial charge on any atom is 0.304 e. The number of fused-ring (bicyclic) bond motifs is 2. The van der Waals surface area contributed by atoms with Gasteiger partial charge in [-0.3, -0.25) is 29.4 Å². The van der Waals surface area contributed by atoms with Crippen molar-refractivity contribution in [2.24, 2.45) is 5.92 Å². The normalized spacial score (nSPS) is 27.3. The second-order valence-electron chi connectivity index (χ2n) is 11.3. The first kappa shape index (κ1) is 28.8. The zero-order valence-corrected chi connectivity index (χ0v) is 24.2. The minimum Gasteiger partial charge on any atom is -0.441 e. The first-order valence-electron chi connectivity index (χ1n) is 13.5. The third-order valence-electron chi connectivity index (χ3n) is 8.33. The molecule has 0 aromatic heterocycles. The molecular weight excluding hydrogens is 553 g/mol. The molecule has 1 spiro atoms. The molecule has 2 amide bonds. The zero-order chi connectivity index (χ0) is 29.9. The molecule has 1 unspecified atom stereocenters. The molecule has 11 nitrogen and oxygen atoms in total. The molecule has 3 heterocycles. The van der Waals surface area contributed by atoms with Gasteiger partial charge in [-0.05, 0) is 43.3 Å². The molecule has 0 aliphatic carbocycles. The van der Waals surface area contributed by atoms with Gasteiger partial charge in [-0.25, -0.2) is 0 Å². The van der Waals surface area contributed by atoms with Crippen LogP contribution in [0.5, 0.6) is 0 Å². The molecule has 0 bridgehead atoms. The molecular formula is C28H32FN3O8Si. The molecule has 2 saturated heterocycles. The summed E-state index contributed by atoms with van der Waals surface area (Å²) in [5, 5.41) is 21.4. The third-order valence-corrected chi connectivity index (χ3v) is 10.8. The fraction of sp³-hybridized carbons (Fsp3) is 0.464. The molecule has 2 fully saturated rings. The van der Waals surface area contributed by atoms with Crippen LogP contribution in [0.1, 0.15) is 37.8 Å². The van der Waals surface area contributed by atoms with Gasteiger partial charge in [0.25, 0.3) is 11.6 Å². The summed E-state index contributed by atoms with van der Waals surface area (Å²) in [6.07, 6.45) is -1.16. The van der Waals surface area contributed by atoms with E-state index in [1.807, 2.05) is 0 Å². The maximum absolute atomic E-state index is 15.7. The molecule has 13 heteroatoms. The standard InChI is InChI=1S/C28H32FN3O8Si/c1-16-26(41(3,4)29)23(11-12-33)40-28(16)21-13-20(32(37)38)9-10-22(21)30(27(28)36)15-18-5-7-19(8-6-18)31-24(35)14-25(31)39-17(2)34/h5-10,13,16,23,25-26,33H,11-12,14-15H2,1-4H3/t16-,23+,25?,26-,28+/m1/s1. The molecule has 41 heavy (non-hydrogen) atoms. The quantitative estimate of drug-likeness (QED) is 0.123. The Hall–Kier alpha value is -3.68. The molecule has 0 saturated carbocycles. The number of halogens is 1. The van der Waals surface area contributed by atoms with E-state index in [-0.39, 0.29) is 37.6 Å². The summed E-state index contributed by atoms with van der Waals surface area (Å²) >= 11 is 0. The lowest BCUT2D eigenvalue weighted by Gasteiger charge is -2.39. The van der Waals surface area contributed by atoms with Crippen LogP contribution < -0.4 is 9.80 Å². The van der Waals surface area contributed by atoms with Crippen LogP contribution in [0.3, 0.4) is 0 Å². The van der Waals surface area contributed by atoms with Gasteiger partial charge in [0.15, 0.2) is 11.8 Å². The number of benzene rings is 2. The number of ether oxygens (including phenoxy) is 2. The monoisotopic (exact) mass is 585 g/mol. The van der Waals surface area contributed by atoms with E-state index in [0.29, 0.717) is 22.5 Å². The van der Waals surface area contributed by atoms with Gasteiger partial charge in [-0.2, -0.15) is 0 Å². The fourth-order valence-corrected chi connectivity index (χ4v) is 9.17. The van der Waals surface area contributed by atoms with Gasteiger partial charge in [0, 0.05) is 48.4 Å². The van der Waals surface area contributed by atoms with Crippen molar-refractivity contribution < 1.29 is 38.0 Å². The van der Waals surface area contributed by atoms with Crippen LogP contribution in [0.15, 0.2) is 42.5 Å². The lowest BCUT2D eigenvalue weighted by molar-refractivity contribution is -0.385. The summed E-state index contributed by atoms with van der Waals surface area (Å²) in [5.41, 5.74) is -0.471. The smallest absolute Gasteiger partial charge is 0.304 e. The third kappa shape index (κ3) is 4.71. The van der Waals surface area contributed by atoms with Crippen molar-refractivity contribution >= 4 is 43.3 Å². The number of hydrogen-bond acceptors (Lipinski definition) is 8. The van der Waals surface area contributed by atoms with E-state index in [4.69, 9.17) is 9.47 Å². The van der Waals surface area contributed by atoms with Crippen LogP contribution in [-0.2, 0) is 36.0 Å². The number of esters is 1. The summed E-state index contributed by atoms with van der Waals surface area (Å²) < 4.78 is 27.2. The van der Waals surface area contributed by atoms with E-state index in [1.165, 1.54) is 34.9 Å². The van der Waals surface area contributed by atoms with Gasteiger partial charge in [0.05, 0.1) is 29.7 Å².